The molecule has 8 nitrogen and oxygen atoms in total. The Morgan fingerprint density at radius 2 is 1.56 bits per heavy atom. The third-order valence-corrected chi connectivity index (χ3v) is 9.36. The first-order chi connectivity index (χ1) is 19.8. The van der Waals surface area contributed by atoms with Gasteiger partial charge in [0.25, 0.3) is 5.91 Å². The first kappa shape index (κ1) is 28.6. The maximum Gasteiger partial charge on any atom is 0.323 e. The van der Waals surface area contributed by atoms with Gasteiger partial charge in [0.1, 0.15) is 18.0 Å². The number of esters is 2. The van der Waals surface area contributed by atoms with Crippen LogP contribution in [0.15, 0.2) is 101 Å². The van der Waals surface area contributed by atoms with E-state index >= 15 is 0 Å². The molecule has 2 aliphatic rings. The minimum Gasteiger partial charge on any atom is -0.464 e. The summed E-state index contributed by atoms with van der Waals surface area (Å²) in [5.74, 6) is -1.90. The molecule has 0 radical (unpaired) electrons. The van der Waals surface area contributed by atoms with Gasteiger partial charge in [0.15, 0.2) is 11.5 Å². The van der Waals surface area contributed by atoms with Gasteiger partial charge in [-0.1, -0.05) is 94.8 Å². The number of carbonyl (C=O) groups is 4. The molecule has 5 rings (SSSR count). The number of fused-ring (bicyclic) bond motifs is 1. The summed E-state index contributed by atoms with van der Waals surface area (Å²) in [6.45, 7) is 0.858. The van der Waals surface area contributed by atoms with Gasteiger partial charge in [-0.25, -0.2) is 0 Å². The lowest BCUT2D eigenvalue weighted by Gasteiger charge is -2.54. The molecule has 2 heterocycles. The second-order valence-corrected chi connectivity index (χ2v) is 11.4. The summed E-state index contributed by atoms with van der Waals surface area (Å²) in [6.07, 6.45) is -0.733. The first-order valence-corrected chi connectivity index (χ1v) is 14.7. The summed E-state index contributed by atoms with van der Waals surface area (Å²) in [5.41, 5.74) is 0.493. The maximum absolute atomic E-state index is 14.2. The van der Waals surface area contributed by atoms with Gasteiger partial charge in [-0.3, -0.25) is 19.2 Å². The molecule has 41 heavy (non-hydrogen) atoms. The number of nitrogens with zero attached hydrogens (tertiary/aromatic N) is 1. The van der Waals surface area contributed by atoms with E-state index in [1.165, 1.54) is 23.6 Å². The monoisotopic (exact) mass is 634 g/mol. The number of β-lactam (4-membered cyclic amide) rings is 1. The van der Waals surface area contributed by atoms with Crippen LogP contribution in [0.1, 0.15) is 34.5 Å². The van der Waals surface area contributed by atoms with E-state index in [4.69, 9.17) is 9.47 Å². The van der Waals surface area contributed by atoms with Gasteiger partial charge in [0, 0.05) is 23.9 Å². The van der Waals surface area contributed by atoms with Gasteiger partial charge < -0.3 is 19.7 Å². The third-order valence-electron chi connectivity index (χ3n) is 7.06. The van der Waals surface area contributed by atoms with Crippen LogP contribution < -0.4 is 5.32 Å². The fourth-order valence-corrected chi connectivity index (χ4v) is 7.01. The Morgan fingerprint density at radius 1 is 1.00 bits per heavy atom. The smallest absolute Gasteiger partial charge is 0.323 e. The van der Waals surface area contributed by atoms with Crippen LogP contribution in [0, 0.1) is 5.41 Å². The van der Waals surface area contributed by atoms with Crippen LogP contribution in [0.4, 0.5) is 0 Å². The van der Waals surface area contributed by atoms with Gasteiger partial charge in [0.05, 0.1) is 0 Å². The number of nitrogens with one attached hydrogen (secondary N) is 1. The van der Waals surface area contributed by atoms with Crippen LogP contribution in [-0.4, -0.2) is 53.2 Å². The largest absolute Gasteiger partial charge is 0.464 e. The average Bonchev–Trinajstić information content (AvgIpc) is 3.01. The zero-order chi connectivity index (χ0) is 29.0. The van der Waals surface area contributed by atoms with Gasteiger partial charge in [-0.15, -0.1) is 11.8 Å². The SMILES string of the molecule is CC(=O)OCC1(C(=O)OC(c2ccccc2)c2ccccc2)CN2C(=O)C(NC(=O)c3ccccc3)[C@H]2SC1=CBr. The third kappa shape index (κ3) is 5.80. The standard InChI is InChI=1S/C31H27BrN2O6S/c1-20(35)39-19-31(30(38)40-26(21-11-5-2-6-12-21)22-13-7-3-8-14-22)18-34-28(37)25(29(34)41-24(31)17-32)33-27(36)23-15-9-4-10-16-23/h2-17,25-26,29H,18-19H2,1H3,(H,33,36)/t25?,29-,31?/m1/s1. The highest BCUT2D eigenvalue weighted by Crippen LogP contribution is 2.51. The minimum absolute atomic E-state index is 0.0823. The van der Waals surface area contributed by atoms with E-state index in [-0.39, 0.29) is 25.0 Å². The van der Waals surface area contributed by atoms with Crippen molar-refractivity contribution in [2.24, 2.45) is 5.41 Å². The highest BCUT2D eigenvalue weighted by Gasteiger charge is 2.61. The van der Waals surface area contributed by atoms with Gasteiger partial charge >= 0.3 is 11.9 Å². The fraction of sp³-hybridized carbons (Fsp3) is 0.226. The average molecular weight is 636 g/mol. The van der Waals surface area contributed by atoms with Gasteiger partial charge in [-0.2, -0.15) is 0 Å². The highest BCUT2D eigenvalue weighted by molar-refractivity contribution is 9.11. The van der Waals surface area contributed by atoms with Gasteiger partial charge in [0.2, 0.25) is 5.91 Å². The van der Waals surface area contributed by atoms with Crippen molar-refractivity contribution in [1.29, 1.82) is 0 Å². The molecule has 10 heteroatoms. The van der Waals surface area contributed by atoms with Crippen LogP contribution in [-0.2, 0) is 23.9 Å². The van der Waals surface area contributed by atoms with Crippen molar-refractivity contribution in [3.05, 3.63) is 118 Å². The van der Waals surface area contributed by atoms with E-state index < -0.39 is 34.9 Å². The number of halogens is 1. The van der Waals surface area contributed by atoms with Crippen molar-refractivity contribution < 1.29 is 28.7 Å². The molecule has 0 saturated carbocycles. The van der Waals surface area contributed by atoms with E-state index in [0.29, 0.717) is 10.5 Å². The molecular formula is C31H27BrN2O6S. The van der Waals surface area contributed by atoms with E-state index in [1.54, 1.807) is 35.3 Å². The number of rotatable bonds is 8. The summed E-state index contributed by atoms with van der Waals surface area (Å²) in [7, 11) is 0. The molecule has 0 aromatic heterocycles. The summed E-state index contributed by atoms with van der Waals surface area (Å²) in [6, 6.07) is 26.5. The van der Waals surface area contributed by atoms with Gasteiger partial charge in [-0.05, 0) is 28.2 Å². The van der Waals surface area contributed by atoms with Crippen LogP contribution in [0.2, 0.25) is 0 Å². The van der Waals surface area contributed by atoms with Crippen LogP contribution >= 0.6 is 27.7 Å². The fourth-order valence-electron chi connectivity index (χ4n) is 4.88. The Hall–Kier alpha value is -3.89. The lowest BCUT2D eigenvalue weighted by atomic mass is 9.85. The zero-order valence-electron chi connectivity index (χ0n) is 22.1. The van der Waals surface area contributed by atoms with Crippen molar-refractivity contribution in [1.82, 2.24) is 10.2 Å². The Morgan fingerprint density at radius 3 is 2.10 bits per heavy atom. The number of hydrogen-bond acceptors (Lipinski definition) is 7. The van der Waals surface area contributed by atoms with E-state index in [0.717, 1.165) is 11.1 Å². The van der Waals surface area contributed by atoms with E-state index in [2.05, 4.69) is 21.2 Å². The van der Waals surface area contributed by atoms with Crippen molar-refractivity contribution in [3.8, 4) is 0 Å². The quantitative estimate of drug-likeness (QED) is 0.280. The van der Waals surface area contributed by atoms with Crippen molar-refractivity contribution >= 4 is 51.4 Å². The number of carbonyl (C=O) groups excluding carboxylic acids is 4. The Kier molecular flexibility index (Phi) is 8.60. The number of thioether (sulfide) groups is 1. The molecule has 2 amide bonds. The Bertz CT molecular complexity index is 1430. The molecule has 2 fully saturated rings. The molecule has 3 atom stereocenters. The predicted octanol–water partition coefficient (Wildman–Crippen LogP) is 4.82. The normalized spacial score (nSPS) is 22.5. The van der Waals surface area contributed by atoms with Crippen molar-refractivity contribution in [2.45, 2.75) is 24.4 Å². The summed E-state index contributed by atoms with van der Waals surface area (Å²) in [5, 5.41) is 2.37. The molecule has 2 unspecified atom stereocenters. The molecule has 210 valence electrons. The first-order valence-electron chi connectivity index (χ1n) is 12.9. The van der Waals surface area contributed by atoms with Crippen LogP contribution in [0.3, 0.4) is 0 Å². The second-order valence-electron chi connectivity index (χ2n) is 9.73. The Labute approximate surface area is 250 Å². The minimum atomic E-state index is -1.48. The topological polar surface area (TPSA) is 102 Å². The molecular weight excluding hydrogens is 608 g/mol. The number of benzene rings is 3. The predicted molar refractivity (Wildman–Crippen MR) is 158 cm³/mol. The van der Waals surface area contributed by atoms with Crippen LogP contribution in [0.5, 0.6) is 0 Å². The highest BCUT2D eigenvalue weighted by atomic mass is 79.9. The molecule has 3 aromatic carbocycles. The molecule has 2 saturated heterocycles. The number of ether oxygens (including phenoxy) is 2. The molecule has 3 aromatic rings. The lowest BCUT2D eigenvalue weighted by molar-refractivity contribution is -0.168. The van der Waals surface area contributed by atoms with Crippen molar-refractivity contribution in [3.63, 3.8) is 0 Å². The molecule has 0 bridgehead atoms. The van der Waals surface area contributed by atoms with E-state index in [1.807, 2.05) is 60.7 Å². The molecule has 0 aliphatic carbocycles. The summed E-state index contributed by atoms with van der Waals surface area (Å²) in [4.78, 5) is 55.8. The Balaban J connectivity index is 1.43. The molecule has 2 aliphatic heterocycles. The summed E-state index contributed by atoms with van der Waals surface area (Å²) < 4.78 is 11.6. The molecule has 0 spiro atoms. The number of hydrogen-bond donors (Lipinski definition) is 1. The zero-order valence-corrected chi connectivity index (χ0v) is 24.5. The summed E-state index contributed by atoms with van der Waals surface area (Å²) >= 11 is 4.64. The lowest BCUT2D eigenvalue weighted by Crippen LogP contribution is -2.73. The van der Waals surface area contributed by atoms with Crippen molar-refractivity contribution in [2.75, 3.05) is 13.2 Å². The van der Waals surface area contributed by atoms with E-state index in [9.17, 15) is 19.2 Å². The number of amides is 2. The second kappa shape index (κ2) is 12.3. The molecule has 1 N–H and O–H groups in total. The maximum atomic E-state index is 14.2. The van der Waals surface area contributed by atoms with Crippen LogP contribution in [0.25, 0.3) is 0 Å².